The molecule has 0 aromatic heterocycles. The summed E-state index contributed by atoms with van der Waals surface area (Å²) in [6.07, 6.45) is 12.8. The highest BCUT2D eigenvalue weighted by molar-refractivity contribution is 5.72. The Labute approximate surface area is 133 Å². The van der Waals surface area contributed by atoms with Gasteiger partial charge in [-0.2, -0.15) is 0 Å². The van der Waals surface area contributed by atoms with Gasteiger partial charge in [0.25, 0.3) is 0 Å². The first-order valence-corrected chi connectivity index (χ1v) is 9.28. The maximum Gasteiger partial charge on any atom is 0.308 e. The maximum absolute atomic E-state index is 12.1. The van der Waals surface area contributed by atoms with Crippen LogP contribution < -0.4 is 0 Å². The Morgan fingerprint density at radius 1 is 0.810 bits per heavy atom. The van der Waals surface area contributed by atoms with Gasteiger partial charge in [-0.25, -0.2) is 0 Å². The monoisotopic (exact) mass is 298 g/mol. The van der Waals surface area contributed by atoms with E-state index in [1.807, 2.05) is 0 Å². The van der Waals surface area contributed by atoms with Crippen LogP contribution in [0.25, 0.3) is 0 Å². The van der Waals surface area contributed by atoms with Crippen molar-refractivity contribution >= 4 is 5.97 Å². The Balaban J connectivity index is 3.74. The molecule has 0 N–H and O–H groups in total. The second-order valence-corrected chi connectivity index (χ2v) is 6.75. The van der Waals surface area contributed by atoms with Gasteiger partial charge in [0.05, 0.1) is 12.5 Å². The highest BCUT2D eigenvalue weighted by Crippen LogP contribution is 2.18. The summed E-state index contributed by atoms with van der Waals surface area (Å²) in [5, 5.41) is 0. The molecule has 0 aliphatic carbocycles. The number of unbranched alkanes of at least 4 members (excludes halogenated alkanes) is 5. The number of hydrogen-bond donors (Lipinski definition) is 0. The van der Waals surface area contributed by atoms with Gasteiger partial charge in [-0.15, -0.1) is 0 Å². The maximum atomic E-state index is 12.1. The first-order chi connectivity index (χ1) is 10.1. The molecule has 2 nitrogen and oxygen atoms in total. The summed E-state index contributed by atoms with van der Waals surface area (Å²) in [6.45, 7) is 9.50. The molecule has 2 heteroatoms. The average Bonchev–Trinajstić information content (AvgIpc) is 2.45. The summed E-state index contributed by atoms with van der Waals surface area (Å²) in [5.74, 6) is 0.976. The summed E-state index contributed by atoms with van der Waals surface area (Å²) >= 11 is 0. The molecule has 21 heavy (non-hydrogen) atoms. The number of rotatable bonds is 14. The first-order valence-electron chi connectivity index (χ1n) is 9.28. The van der Waals surface area contributed by atoms with Crippen molar-refractivity contribution in [3.63, 3.8) is 0 Å². The molecular weight excluding hydrogens is 260 g/mol. The molecule has 0 aromatic carbocycles. The van der Waals surface area contributed by atoms with Crippen LogP contribution in [0.2, 0.25) is 0 Å². The van der Waals surface area contributed by atoms with Gasteiger partial charge in [-0.1, -0.05) is 79.1 Å². The van der Waals surface area contributed by atoms with Gasteiger partial charge in [0.15, 0.2) is 0 Å². The molecule has 1 unspecified atom stereocenters. The van der Waals surface area contributed by atoms with Gasteiger partial charge in [0, 0.05) is 0 Å². The molecule has 0 saturated heterocycles. The second-order valence-electron chi connectivity index (χ2n) is 6.75. The average molecular weight is 299 g/mol. The van der Waals surface area contributed by atoms with E-state index in [1.54, 1.807) is 0 Å². The van der Waals surface area contributed by atoms with Crippen LogP contribution in [0.15, 0.2) is 0 Å². The van der Waals surface area contributed by atoms with Gasteiger partial charge in [0.2, 0.25) is 0 Å². The van der Waals surface area contributed by atoms with Gasteiger partial charge in [-0.3, -0.25) is 4.79 Å². The third-order valence-electron chi connectivity index (χ3n) is 4.05. The molecule has 0 radical (unpaired) electrons. The lowest BCUT2D eigenvalue weighted by Gasteiger charge is -2.15. The Morgan fingerprint density at radius 2 is 1.48 bits per heavy atom. The fourth-order valence-electron chi connectivity index (χ4n) is 2.67. The van der Waals surface area contributed by atoms with Crippen LogP contribution in [-0.4, -0.2) is 12.6 Å². The Bertz CT molecular complexity index is 236. The minimum absolute atomic E-state index is 0.0530. The lowest BCUT2D eigenvalue weighted by molar-refractivity contribution is -0.149. The summed E-state index contributed by atoms with van der Waals surface area (Å²) in [6, 6.07) is 0. The summed E-state index contributed by atoms with van der Waals surface area (Å²) in [7, 11) is 0. The number of hydrogen-bond acceptors (Lipinski definition) is 2. The van der Waals surface area contributed by atoms with E-state index in [9.17, 15) is 4.79 Å². The third kappa shape index (κ3) is 12.9. The van der Waals surface area contributed by atoms with E-state index in [4.69, 9.17) is 4.74 Å². The number of esters is 1. The van der Waals surface area contributed by atoms with Crippen LogP contribution in [0, 0.1) is 11.8 Å². The fourth-order valence-corrected chi connectivity index (χ4v) is 2.67. The first kappa shape index (κ1) is 20.5. The van der Waals surface area contributed by atoms with Gasteiger partial charge >= 0.3 is 5.97 Å². The van der Waals surface area contributed by atoms with Gasteiger partial charge < -0.3 is 4.74 Å². The van der Waals surface area contributed by atoms with Crippen molar-refractivity contribution in [2.24, 2.45) is 11.8 Å². The largest absolute Gasteiger partial charge is 0.465 e. The van der Waals surface area contributed by atoms with Crippen LogP contribution in [0.1, 0.15) is 98.3 Å². The molecule has 0 fully saturated rings. The molecule has 0 heterocycles. The van der Waals surface area contributed by atoms with Crippen molar-refractivity contribution in [1.29, 1.82) is 0 Å². The van der Waals surface area contributed by atoms with Crippen LogP contribution >= 0.6 is 0 Å². The van der Waals surface area contributed by atoms with Crippen molar-refractivity contribution in [3.05, 3.63) is 0 Å². The molecule has 126 valence electrons. The van der Waals surface area contributed by atoms with Crippen LogP contribution in [0.5, 0.6) is 0 Å². The van der Waals surface area contributed by atoms with Crippen molar-refractivity contribution in [3.8, 4) is 0 Å². The molecule has 0 spiro atoms. The lowest BCUT2D eigenvalue weighted by Crippen LogP contribution is -2.18. The number of ether oxygens (including phenoxy) is 1. The van der Waals surface area contributed by atoms with E-state index < -0.39 is 0 Å². The quantitative estimate of drug-likeness (QED) is 0.285. The fraction of sp³-hybridized carbons (Fsp3) is 0.947. The molecule has 1 atom stereocenters. The zero-order valence-corrected chi connectivity index (χ0v) is 15.0. The van der Waals surface area contributed by atoms with E-state index >= 15 is 0 Å². The summed E-state index contributed by atoms with van der Waals surface area (Å²) in [4.78, 5) is 12.1. The highest BCUT2D eigenvalue weighted by Gasteiger charge is 2.18. The van der Waals surface area contributed by atoms with E-state index in [-0.39, 0.29) is 11.9 Å². The van der Waals surface area contributed by atoms with Crippen LogP contribution in [0.4, 0.5) is 0 Å². The zero-order valence-electron chi connectivity index (χ0n) is 15.0. The molecule has 0 amide bonds. The predicted molar refractivity (Wildman–Crippen MR) is 91.4 cm³/mol. The van der Waals surface area contributed by atoms with Gasteiger partial charge in [-0.05, 0) is 25.2 Å². The highest BCUT2D eigenvalue weighted by atomic mass is 16.5. The predicted octanol–water partition coefficient (Wildman–Crippen LogP) is 6.13. The van der Waals surface area contributed by atoms with Crippen LogP contribution in [0.3, 0.4) is 0 Å². The van der Waals surface area contributed by atoms with E-state index in [1.165, 1.54) is 44.9 Å². The topological polar surface area (TPSA) is 26.3 Å². The lowest BCUT2D eigenvalue weighted by atomic mass is 9.96. The minimum Gasteiger partial charge on any atom is -0.465 e. The summed E-state index contributed by atoms with van der Waals surface area (Å²) in [5.41, 5.74) is 0. The van der Waals surface area contributed by atoms with Crippen molar-refractivity contribution < 1.29 is 9.53 Å². The van der Waals surface area contributed by atoms with Crippen molar-refractivity contribution in [2.45, 2.75) is 98.3 Å². The Hall–Kier alpha value is -0.530. The second kappa shape index (κ2) is 14.4. The molecule has 0 aromatic rings. The molecule has 0 aliphatic rings. The normalized spacial score (nSPS) is 12.6. The Morgan fingerprint density at radius 3 is 2.10 bits per heavy atom. The SMILES string of the molecule is CCCCCCC(CCC)C(=O)OCCCCCC(C)C. The zero-order chi connectivity index (χ0) is 15.9. The Kier molecular flexibility index (Phi) is 14.0. The van der Waals surface area contributed by atoms with E-state index in [0.29, 0.717) is 6.61 Å². The van der Waals surface area contributed by atoms with Crippen LogP contribution in [-0.2, 0) is 9.53 Å². The molecule has 0 aliphatic heterocycles. The smallest absolute Gasteiger partial charge is 0.308 e. The molecule has 0 bridgehead atoms. The third-order valence-corrected chi connectivity index (χ3v) is 4.05. The van der Waals surface area contributed by atoms with Crippen molar-refractivity contribution in [2.75, 3.05) is 6.61 Å². The van der Waals surface area contributed by atoms with E-state index in [2.05, 4.69) is 27.7 Å². The summed E-state index contributed by atoms with van der Waals surface area (Å²) < 4.78 is 5.48. The number of carbonyl (C=O) groups is 1. The van der Waals surface area contributed by atoms with Crippen molar-refractivity contribution in [1.82, 2.24) is 0 Å². The number of carbonyl (C=O) groups excluding carboxylic acids is 1. The minimum atomic E-state index is 0.0530. The van der Waals surface area contributed by atoms with Gasteiger partial charge in [0.1, 0.15) is 0 Å². The standard InChI is InChI=1S/C19H38O2/c1-5-7-8-11-15-18(13-6-2)19(20)21-16-12-9-10-14-17(3)4/h17-18H,5-16H2,1-4H3. The molecule has 0 saturated carbocycles. The molecular formula is C19H38O2. The van der Waals surface area contributed by atoms with E-state index in [0.717, 1.165) is 31.6 Å². The molecule has 0 rings (SSSR count).